The minimum atomic E-state index is -0.424. The Morgan fingerprint density at radius 1 is 1.23 bits per heavy atom. The number of aromatic nitrogens is 1. The molecule has 1 amide bonds. The molecule has 0 bridgehead atoms. The number of carbonyl (C=O) groups excluding carboxylic acids is 1. The molecular formula is C18H16Cl2N2O3S. The minimum Gasteiger partial charge on any atom is -0.503 e. The van der Waals surface area contributed by atoms with Crippen LogP contribution in [0.3, 0.4) is 0 Å². The number of thiophene rings is 1. The normalized spacial score (nSPS) is 10.9. The van der Waals surface area contributed by atoms with E-state index in [0.29, 0.717) is 16.6 Å². The molecule has 5 nitrogen and oxygen atoms in total. The molecule has 0 saturated heterocycles. The quantitative estimate of drug-likeness (QED) is 0.646. The number of hydrogen-bond acceptors (Lipinski definition) is 4. The largest absolute Gasteiger partial charge is 0.503 e. The molecule has 3 rings (SSSR count). The third-order valence-corrected chi connectivity index (χ3v) is 5.51. The summed E-state index contributed by atoms with van der Waals surface area (Å²) < 4.78 is 1.45. The van der Waals surface area contributed by atoms with Crippen molar-refractivity contribution in [1.29, 1.82) is 0 Å². The zero-order chi connectivity index (χ0) is 18.8. The maximum absolute atomic E-state index is 12.7. The van der Waals surface area contributed by atoms with Gasteiger partial charge in [-0.15, -0.1) is 11.3 Å². The molecule has 1 aromatic carbocycles. The first-order chi connectivity index (χ1) is 12.4. The lowest BCUT2D eigenvalue weighted by Gasteiger charge is -2.17. The van der Waals surface area contributed by atoms with Gasteiger partial charge < -0.3 is 19.7 Å². The second-order valence-electron chi connectivity index (χ2n) is 5.83. The van der Waals surface area contributed by atoms with Crippen molar-refractivity contribution >= 4 is 40.4 Å². The molecule has 0 radical (unpaired) electrons. The third kappa shape index (κ3) is 3.82. The van der Waals surface area contributed by atoms with Gasteiger partial charge in [-0.1, -0.05) is 35.3 Å². The molecule has 2 heterocycles. The molecule has 0 fully saturated rings. The van der Waals surface area contributed by atoms with Crippen molar-refractivity contribution in [2.45, 2.75) is 13.1 Å². The second kappa shape index (κ2) is 7.61. The Bertz CT molecular complexity index is 938. The molecule has 0 aliphatic heterocycles. The van der Waals surface area contributed by atoms with Crippen molar-refractivity contribution in [2.75, 3.05) is 7.05 Å². The lowest BCUT2D eigenvalue weighted by Crippen LogP contribution is -2.26. The van der Waals surface area contributed by atoms with E-state index in [4.69, 9.17) is 23.2 Å². The van der Waals surface area contributed by atoms with Crippen molar-refractivity contribution in [3.8, 4) is 11.6 Å². The van der Waals surface area contributed by atoms with Gasteiger partial charge in [0.2, 0.25) is 5.88 Å². The Morgan fingerprint density at radius 2 is 2.00 bits per heavy atom. The number of amides is 1. The van der Waals surface area contributed by atoms with Gasteiger partial charge in [0.1, 0.15) is 5.56 Å². The summed E-state index contributed by atoms with van der Waals surface area (Å²) in [5, 5.41) is 23.1. The van der Waals surface area contributed by atoms with Gasteiger partial charge in [-0.2, -0.15) is 0 Å². The van der Waals surface area contributed by atoms with Crippen molar-refractivity contribution in [2.24, 2.45) is 0 Å². The topological polar surface area (TPSA) is 65.7 Å². The van der Waals surface area contributed by atoms with Gasteiger partial charge in [-0.25, -0.2) is 0 Å². The highest BCUT2D eigenvalue weighted by Crippen LogP contribution is 2.33. The van der Waals surface area contributed by atoms with E-state index in [2.05, 4.69) is 0 Å². The van der Waals surface area contributed by atoms with E-state index in [1.807, 2.05) is 17.5 Å². The van der Waals surface area contributed by atoms with E-state index in [9.17, 15) is 15.0 Å². The van der Waals surface area contributed by atoms with Crippen molar-refractivity contribution in [1.82, 2.24) is 9.47 Å². The standard InChI is InChI=1S/C18H16Cl2N2O3S/c1-21(8-11-4-5-14(19)15(20)7-11)17(24)13-10-22(18(25)16(13)23)9-12-3-2-6-26-12/h2-7,10,23,25H,8-9H2,1H3. The maximum atomic E-state index is 12.7. The zero-order valence-electron chi connectivity index (χ0n) is 13.8. The first-order valence-electron chi connectivity index (χ1n) is 7.69. The number of aromatic hydroxyl groups is 2. The Balaban J connectivity index is 1.79. The van der Waals surface area contributed by atoms with Crippen LogP contribution < -0.4 is 0 Å². The van der Waals surface area contributed by atoms with E-state index >= 15 is 0 Å². The second-order valence-corrected chi connectivity index (χ2v) is 7.68. The van der Waals surface area contributed by atoms with Gasteiger partial charge in [0, 0.05) is 24.7 Å². The van der Waals surface area contributed by atoms with Gasteiger partial charge in [-0.3, -0.25) is 4.79 Å². The Kier molecular flexibility index (Phi) is 5.46. The van der Waals surface area contributed by atoms with Crippen LogP contribution >= 0.6 is 34.5 Å². The Hall–Kier alpha value is -2.15. The molecule has 3 aromatic rings. The van der Waals surface area contributed by atoms with Crippen molar-refractivity contribution in [3.05, 3.63) is 68.0 Å². The van der Waals surface area contributed by atoms with Crippen LogP contribution in [0.15, 0.2) is 41.9 Å². The number of benzene rings is 1. The summed E-state index contributed by atoms with van der Waals surface area (Å²) >= 11 is 13.4. The van der Waals surface area contributed by atoms with Crippen LogP contribution in [0, 0.1) is 0 Å². The summed E-state index contributed by atoms with van der Waals surface area (Å²) in [6.07, 6.45) is 1.46. The summed E-state index contributed by atoms with van der Waals surface area (Å²) in [6.45, 7) is 0.660. The first-order valence-corrected chi connectivity index (χ1v) is 9.33. The predicted octanol–water partition coefficient (Wildman–Crippen LogP) is 4.59. The number of rotatable bonds is 5. The molecule has 0 aliphatic rings. The van der Waals surface area contributed by atoms with E-state index in [0.717, 1.165) is 10.4 Å². The number of halogens is 2. The molecule has 0 spiro atoms. The average Bonchev–Trinajstić information content (AvgIpc) is 3.21. The lowest BCUT2D eigenvalue weighted by atomic mass is 10.2. The van der Waals surface area contributed by atoms with Crippen LogP contribution in [-0.4, -0.2) is 32.6 Å². The van der Waals surface area contributed by atoms with Gasteiger partial charge in [-0.05, 0) is 29.1 Å². The molecular weight excluding hydrogens is 395 g/mol. The summed E-state index contributed by atoms with van der Waals surface area (Å²) in [4.78, 5) is 15.1. The third-order valence-electron chi connectivity index (χ3n) is 3.91. The first kappa shape index (κ1) is 18.6. The van der Waals surface area contributed by atoms with E-state index < -0.39 is 11.7 Å². The van der Waals surface area contributed by atoms with Crippen LogP contribution in [0.4, 0.5) is 0 Å². The summed E-state index contributed by atoms with van der Waals surface area (Å²) in [6, 6.07) is 8.94. The van der Waals surface area contributed by atoms with Gasteiger partial charge in [0.25, 0.3) is 5.91 Å². The average molecular weight is 411 g/mol. The Labute approximate surface area is 164 Å². The molecule has 0 saturated carbocycles. The molecule has 26 heavy (non-hydrogen) atoms. The maximum Gasteiger partial charge on any atom is 0.259 e. The molecule has 8 heteroatoms. The van der Waals surface area contributed by atoms with Gasteiger partial charge in [0.15, 0.2) is 5.75 Å². The summed E-state index contributed by atoms with van der Waals surface area (Å²) in [5.74, 6) is -1.16. The van der Waals surface area contributed by atoms with Crippen molar-refractivity contribution in [3.63, 3.8) is 0 Å². The molecule has 2 aromatic heterocycles. The smallest absolute Gasteiger partial charge is 0.259 e. The van der Waals surface area contributed by atoms with E-state index in [-0.39, 0.29) is 18.0 Å². The lowest BCUT2D eigenvalue weighted by molar-refractivity contribution is 0.0782. The van der Waals surface area contributed by atoms with Gasteiger partial charge in [0.05, 0.1) is 16.6 Å². The van der Waals surface area contributed by atoms with Crippen LogP contribution in [0.25, 0.3) is 0 Å². The van der Waals surface area contributed by atoms with Gasteiger partial charge >= 0.3 is 0 Å². The fourth-order valence-electron chi connectivity index (χ4n) is 2.57. The van der Waals surface area contributed by atoms with Crippen LogP contribution in [-0.2, 0) is 13.1 Å². The summed E-state index contributed by atoms with van der Waals surface area (Å²) in [5.41, 5.74) is 0.846. The summed E-state index contributed by atoms with van der Waals surface area (Å²) in [7, 11) is 1.61. The number of hydrogen-bond donors (Lipinski definition) is 2. The highest BCUT2D eigenvalue weighted by molar-refractivity contribution is 7.09. The monoisotopic (exact) mass is 410 g/mol. The highest BCUT2D eigenvalue weighted by atomic mass is 35.5. The molecule has 2 N–H and O–H groups in total. The molecule has 0 aliphatic carbocycles. The SMILES string of the molecule is CN(Cc1ccc(Cl)c(Cl)c1)C(=O)c1cn(Cc2cccs2)c(O)c1O. The van der Waals surface area contributed by atoms with Crippen molar-refractivity contribution < 1.29 is 15.0 Å². The van der Waals surface area contributed by atoms with E-state index in [1.165, 1.54) is 27.0 Å². The highest BCUT2D eigenvalue weighted by Gasteiger charge is 2.23. The van der Waals surface area contributed by atoms with Crippen LogP contribution in [0.1, 0.15) is 20.8 Å². The van der Waals surface area contributed by atoms with E-state index in [1.54, 1.807) is 25.2 Å². The molecule has 0 atom stereocenters. The minimum absolute atomic E-state index is 0.0432. The molecule has 0 unspecified atom stereocenters. The fourth-order valence-corrected chi connectivity index (χ4v) is 3.59. The number of nitrogens with zero attached hydrogens (tertiary/aromatic N) is 2. The van der Waals surface area contributed by atoms with Crippen LogP contribution in [0.2, 0.25) is 10.0 Å². The van der Waals surface area contributed by atoms with Crippen LogP contribution in [0.5, 0.6) is 11.6 Å². The number of carbonyl (C=O) groups is 1. The fraction of sp³-hybridized carbons (Fsp3) is 0.167. The predicted molar refractivity (Wildman–Crippen MR) is 103 cm³/mol. The Morgan fingerprint density at radius 3 is 2.65 bits per heavy atom. The molecule has 136 valence electrons. The zero-order valence-corrected chi connectivity index (χ0v) is 16.1.